The molecule has 0 atom stereocenters. The fourth-order valence-corrected chi connectivity index (χ4v) is 1.23. The van der Waals surface area contributed by atoms with Gasteiger partial charge in [-0.1, -0.05) is 6.58 Å². The van der Waals surface area contributed by atoms with Crippen LogP contribution in [-0.4, -0.2) is 36.3 Å². The van der Waals surface area contributed by atoms with Gasteiger partial charge in [-0.2, -0.15) is 0 Å². The molecular weight excluding hydrogens is 278 g/mol. The summed E-state index contributed by atoms with van der Waals surface area (Å²) in [7, 11) is 0. The fraction of sp³-hybridized carbons (Fsp3) is 0.214. The Balaban J connectivity index is 2.32. The van der Waals surface area contributed by atoms with Crippen molar-refractivity contribution in [2.45, 2.75) is 6.92 Å². The molecular formula is C14H15NO6. The Morgan fingerprint density at radius 3 is 2.38 bits per heavy atom. The molecule has 0 heterocycles. The van der Waals surface area contributed by atoms with Gasteiger partial charge in [0.05, 0.1) is 12.1 Å². The van der Waals surface area contributed by atoms with Gasteiger partial charge >= 0.3 is 18.0 Å². The Kier molecular flexibility index (Phi) is 5.94. The Bertz CT molecular complexity index is 549. The third-order valence-electron chi connectivity index (χ3n) is 2.26. The van der Waals surface area contributed by atoms with Gasteiger partial charge in [0.1, 0.15) is 12.4 Å². The molecule has 1 rings (SSSR count). The van der Waals surface area contributed by atoms with Crippen LogP contribution in [0.25, 0.3) is 0 Å². The van der Waals surface area contributed by atoms with Gasteiger partial charge in [-0.05, 0) is 31.2 Å². The third kappa shape index (κ3) is 5.77. The van der Waals surface area contributed by atoms with E-state index >= 15 is 0 Å². The Labute approximate surface area is 121 Å². The maximum atomic E-state index is 11.4. The number of hydrogen-bond donors (Lipinski definition) is 2. The van der Waals surface area contributed by atoms with Crippen molar-refractivity contribution in [1.29, 1.82) is 0 Å². The van der Waals surface area contributed by atoms with Crippen molar-refractivity contribution in [2.75, 3.05) is 13.2 Å². The molecule has 0 radical (unpaired) electrons. The van der Waals surface area contributed by atoms with E-state index in [2.05, 4.69) is 11.9 Å². The van der Waals surface area contributed by atoms with Crippen LogP contribution in [0.15, 0.2) is 36.4 Å². The van der Waals surface area contributed by atoms with E-state index in [1.54, 1.807) is 0 Å². The number of ether oxygens (including phenoxy) is 2. The predicted molar refractivity (Wildman–Crippen MR) is 73.2 cm³/mol. The van der Waals surface area contributed by atoms with Crippen molar-refractivity contribution in [1.82, 2.24) is 5.32 Å². The number of carbonyl (C=O) groups is 3. The van der Waals surface area contributed by atoms with Crippen LogP contribution in [0.1, 0.15) is 17.3 Å². The number of carboxylic acid groups (broad SMARTS) is 1. The number of nitrogens with one attached hydrogen (secondary N) is 1. The van der Waals surface area contributed by atoms with Crippen molar-refractivity contribution >= 4 is 18.0 Å². The number of hydrogen-bond acceptors (Lipinski definition) is 5. The van der Waals surface area contributed by atoms with Crippen molar-refractivity contribution in [3.05, 3.63) is 42.0 Å². The van der Waals surface area contributed by atoms with E-state index in [-0.39, 0.29) is 30.0 Å². The Morgan fingerprint density at radius 1 is 1.24 bits per heavy atom. The second-order valence-corrected chi connectivity index (χ2v) is 4.06. The highest BCUT2D eigenvalue weighted by molar-refractivity contribution is 5.88. The SMILES string of the molecule is C=C(C)C(=O)OCCNC(=O)Oc1ccc(C(=O)O)cc1. The molecule has 0 bridgehead atoms. The minimum absolute atomic E-state index is 0.00124. The number of benzene rings is 1. The topological polar surface area (TPSA) is 102 Å². The lowest BCUT2D eigenvalue weighted by Gasteiger charge is -2.07. The molecule has 112 valence electrons. The van der Waals surface area contributed by atoms with Gasteiger partial charge in [0.2, 0.25) is 0 Å². The first-order valence-corrected chi connectivity index (χ1v) is 6.02. The van der Waals surface area contributed by atoms with Crippen LogP contribution in [-0.2, 0) is 9.53 Å². The number of aromatic carboxylic acids is 1. The molecule has 1 amide bonds. The van der Waals surface area contributed by atoms with Crippen LogP contribution in [0, 0.1) is 0 Å². The molecule has 0 fully saturated rings. The smallest absolute Gasteiger partial charge is 0.412 e. The highest BCUT2D eigenvalue weighted by atomic mass is 16.6. The third-order valence-corrected chi connectivity index (χ3v) is 2.26. The summed E-state index contributed by atoms with van der Waals surface area (Å²) < 4.78 is 9.67. The van der Waals surface area contributed by atoms with Crippen LogP contribution in [0.3, 0.4) is 0 Å². The van der Waals surface area contributed by atoms with E-state index in [1.807, 2.05) is 0 Å². The highest BCUT2D eigenvalue weighted by Gasteiger charge is 2.07. The van der Waals surface area contributed by atoms with Crippen LogP contribution in [0.4, 0.5) is 4.79 Å². The quantitative estimate of drug-likeness (QED) is 0.469. The van der Waals surface area contributed by atoms with E-state index in [9.17, 15) is 14.4 Å². The highest BCUT2D eigenvalue weighted by Crippen LogP contribution is 2.12. The number of esters is 1. The van der Waals surface area contributed by atoms with Gasteiger partial charge in [-0.3, -0.25) is 0 Å². The van der Waals surface area contributed by atoms with Gasteiger partial charge < -0.3 is 19.9 Å². The molecule has 1 aromatic rings. The van der Waals surface area contributed by atoms with Gasteiger partial charge in [0, 0.05) is 5.57 Å². The first-order valence-electron chi connectivity index (χ1n) is 6.02. The van der Waals surface area contributed by atoms with E-state index in [0.717, 1.165) is 0 Å². The van der Waals surface area contributed by atoms with E-state index < -0.39 is 18.0 Å². The van der Waals surface area contributed by atoms with Crippen LogP contribution < -0.4 is 10.1 Å². The molecule has 0 aliphatic carbocycles. The van der Waals surface area contributed by atoms with Gasteiger partial charge in [0.15, 0.2) is 0 Å². The van der Waals surface area contributed by atoms with Gasteiger partial charge in [-0.15, -0.1) is 0 Å². The summed E-state index contributed by atoms with van der Waals surface area (Å²) in [5.41, 5.74) is 0.366. The minimum Gasteiger partial charge on any atom is -0.478 e. The van der Waals surface area contributed by atoms with Gasteiger partial charge in [-0.25, -0.2) is 14.4 Å². The summed E-state index contributed by atoms with van der Waals surface area (Å²) in [5, 5.41) is 11.1. The lowest BCUT2D eigenvalue weighted by molar-refractivity contribution is -0.138. The van der Waals surface area contributed by atoms with Crippen molar-refractivity contribution in [2.24, 2.45) is 0 Å². The second kappa shape index (κ2) is 7.68. The molecule has 7 heteroatoms. The van der Waals surface area contributed by atoms with E-state index in [4.69, 9.17) is 14.6 Å². The van der Waals surface area contributed by atoms with Crippen molar-refractivity contribution < 1.29 is 29.0 Å². The minimum atomic E-state index is -1.06. The first kappa shape index (κ1) is 16.2. The summed E-state index contributed by atoms with van der Waals surface area (Å²) in [5.74, 6) is -1.39. The standard InChI is InChI=1S/C14H15NO6/c1-9(2)13(18)20-8-7-15-14(19)21-11-5-3-10(4-6-11)12(16)17/h3-6H,1,7-8H2,2H3,(H,15,19)(H,16,17). The molecule has 0 saturated heterocycles. The average molecular weight is 293 g/mol. The molecule has 1 aromatic carbocycles. The second-order valence-electron chi connectivity index (χ2n) is 4.06. The Hall–Kier alpha value is -2.83. The number of carbonyl (C=O) groups excluding carboxylic acids is 2. The number of carboxylic acids is 1. The number of rotatable bonds is 6. The van der Waals surface area contributed by atoms with E-state index in [1.165, 1.54) is 31.2 Å². The Morgan fingerprint density at radius 2 is 1.86 bits per heavy atom. The largest absolute Gasteiger partial charge is 0.478 e. The molecule has 2 N–H and O–H groups in total. The number of amides is 1. The molecule has 0 aromatic heterocycles. The molecule has 0 aliphatic rings. The fourth-order valence-electron chi connectivity index (χ4n) is 1.23. The summed E-state index contributed by atoms with van der Waals surface area (Å²) in [6.07, 6.45) is -0.732. The first-order chi connectivity index (χ1) is 9.90. The molecule has 21 heavy (non-hydrogen) atoms. The monoisotopic (exact) mass is 293 g/mol. The van der Waals surface area contributed by atoms with Crippen LogP contribution in [0.5, 0.6) is 5.75 Å². The molecule has 7 nitrogen and oxygen atoms in total. The normalized spacial score (nSPS) is 9.57. The maximum absolute atomic E-state index is 11.4. The summed E-state index contributed by atoms with van der Waals surface area (Å²) in [6.45, 7) is 5.02. The zero-order valence-electron chi connectivity index (χ0n) is 11.4. The summed E-state index contributed by atoms with van der Waals surface area (Å²) in [6, 6.07) is 5.37. The van der Waals surface area contributed by atoms with E-state index in [0.29, 0.717) is 0 Å². The van der Waals surface area contributed by atoms with Crippen molar-refractivity contribution in [3.8, 4) is 5.75 Å². The summed E-state index contributed by atoms with van der Waals surface area (Å²) >= 11 is 0. The zero-order valence-corrected chi connectivity index (χ0v) is 11.4. The molecule has 0 spiro atoms. The zero-order chi connectivity index (χ0) is 15.8. The summed E-state index contributed by atoms with van der Waals surface area (Å²) in [4.78, 5) is 33.1. The maximum Gasteiger partial charge on any atom is 0.412 e. The lowest BCUT2D eigenvalue weighted by Crippen LogP contribution is -2.30. The molecule has 0 unspecified atom stereocenters. The van der Waals surface area contributed by atoms with Crippen molar-refractivity contribution in [3.63, 3.8) is 0 Å². The predicted octanol–water partition coefficient (Wildman–Crippen LogP) is 1.59. The lowest BCUT2D eigenvalue weighted by atomic mass is 10.2. The van der Waals surface area contributed by atoms with Gasteiger partial charge in [0.25, 0.3) is 0 Å². The molecule has 0 saturated carbocycles. The molecule has 0 aliphatic heterocycles. The van der Waals surface area contributed by atoms with Crippen LogP contribution in [0.2, 0.25) is 0 Å². The van der Waals surface area contributed by atoms with Crippen LogP contribution >= 0.6 is 0 Å². The average Bonchev–Trinajstić information content (AvgIpc) is 2.43.